The highest BCUT2D eigenvalue weighted by Gasteiger charge is 2.49. The third-order valence-electron chi connectivity index (χ3n) is 3.85. The van der Waals surface area contributed by atoms with Crippen LogP contribution in [0.4, 0.5) is 4.79 Å². The average molecular weight is 290 g/mol. The lowest BCUT2D eigenvalue weighted by molar-refractivity contribution is -0.125. The van der Waals surface area contributed by atoms with E-state index in [0.29, 0.717) is 19.4 Å². The van der Waals surface area contributed by atoms with Crippen molar-refractivity contribution >= 4 is 17.8 Å². The number of amides is 4. The number of carbonyl (C=O) groups is 3. The van der Waals surface area contributed by atoms with Crippen molar-refractivity contribution in [2.45, 2.75) is 18.4 Å². The molecule has 2 fully saturated rings. The lowest BCUT2D eigenvalue weighted by Crippen LogP contribution is -2.59. The number of likely N-dealkylation sites (tertiary alicyclic amines) is 1. The zero-order valence-corrected chi connectivity index (χ0v) is 11.1. The zero-order chi connectivity index (χ0) is 15.0. The molecule has 1 spiro atoms. The molecule has 8 heteroatoms. The summed E-state index contributed by atoms with van der Waals surface area (Å²) in [7, 11) is 0. The average Bonchev–Trinajstić information content (AvgIpc) is 2.72. The molecule has 110 valence electrons. The SMILES string of the molecule is O=C1NC(=O)C2(CCCN(C(=O)c3c[nH]ccc3=O)C2)N1. The van der Waals surface area contributed by atoms with Crippen LogP contribution in [0.5, 0.6) is 0 Å². The Bertz CT molecular complexity index is 683. The highest BCUT2D eigenvalue weighted by atomic mass is 16.2. The van der Waals surface area contributed by atoms with Crippen molar-refractivity contribution in [2.75, 3.05) is 13.1 Å². The number of nitrogens with zero attached hydrogens (tertiary/aromatic N) is 1. The molecule has 2 saturated heterocycles. The quantitative estimate of drug-likeness (QED) is 0.587. The van der Waals surface area contributed by atoms with Crippen molar-refractivity contribution in [1.29, 1.82) is 0 Å². The maximum Gasteiger partial charge on any atom is 0.322 e. The van der Waals surface area contributed by atoms with Crippen LogP contribution < -0.4 is 16.1 Å². The molecule has 1 atom stereocenters. The Morgan fingerprint density at radius 3 is 2.76 bits per heavy atom. The smallest absolute Gasteiger partial charge is 0.322 e. The first-order chi connectivity index (χ1) is 10.0. The van der Waals surface area contributed by atoms with E-state index in [2.05, 4.69) is 15.6 Å². The van der Waals surface area contributed by atoms with Gasteiger partial charge in [-0.1, -0.05) is 0 Å². The van der Waals surface area contributed by atoms with Crippen LogP contribution in [0.3, 0.4) is 0 Å². The van der Waals surface area contributed by atoms with Crippen molar-refractivity contribution in [3.63, 3.8) is 0 Å². The minimum atomic E-state index is -1.08. The van der Waals surface area contributed by atoms with E-state index in [1.54, 1.807) is 0 Å². The van der Waals surface area contributed by atoms with Crippen LogP contribution in [-0.2, 0) is 4.79 Å². The molecule has 0 aromatic carbocycles. The van der Waals surface area contributed by atoms with Crippen LogP contribution in [-0.4, -0.2) is 46.4 Å². The van der Waals surface area contributed by atoms with Gasteiger partial charge >= 0.3 is 6.03 Å². The number of hydrogen-bond donors (Lipinski definition) is 3. The second kappa shape index (κ2) is 4.72. The van der Waals surface area contributed by atoms with E-state index in [4.69, 9.17) is 0 Å². The van der Waals surface area contributed by atoms with Gasteiger partial charge in [0.1, 0.15) is 11.1 Å². The molecule has 0 radical (unpaired) electrons. The predicted molar refractivity (Wildman–Crippen MR) is 71.6 cm³/mol. The topological polar surface area (TPSA) is 111 Å². The van der Waals surface area contributed by atoms with Gasteiger partial charge in [0.15, 0.2) is 5.43 Å². The van der Waals surface area contributed by atoms with E-state index >= 15 is 0 Å². The standard InChI is InChI=1S/C13H14N4O4/c18-9-2-4-14-6-8(9)10(19)17-5-1-3-13(7-17)11(20)15-12(21)16-13/h2,4,6H,1,3,5,7H2,(H,14,18)(H2,15,16,20,21). The number of nitrogens with one attached hydrogen (secondary N) is 3. The fourth-order valence-electron chi connectivity index (χ4n) is 2.80. The predicted octanol–water partition coefficient (Wildman–Crippen LogP) is -0.811. The minimum Gasteiger partial charge on any atom is -0.367 e. The Hall–Kier alpha value is -2.64. The summed E-state index contributed by atoms with van der Waals surface area (Å²) in [5.74, 6) is -0.864. The number of hydrogen-bond acceptors (Lipinski definition) is 4. The maximum atomic E-state index is 12.4. The third kappa shape index (κ3) is 2.18. The van der Waals surface area contributed by atoms with Crippen molar-refractivity contribution < 1.29 is 14.4 Å². The van der Waals surface area contributed by atoms with Gasteiger partial charge in [0.25, 0.3) is 11.8 Å². The summed E-state index contributed by atoms with van der Waals surface area (Å²) < 4.78 is 0. The Morgan fingerprint density at radius 2 is 2.10 bits per heavy atom. The lowest BCUT2D eigenvalue weighted by atomic mass is 9.89. The third-order valence-corrected chi connectivity index (χ3v) is 3.85. The normalized spacial score (nSPS) is 24.9. The van der Waals surface area contributed by atoms with Crippen LogP contribution >= 0.6 is 0 Å². The fourth-order valence-corrected chi connectivity index (χ4v) is 2.80. The molecule has 0 aliphatic carbocycles. The minimum absolute atomic E-state index is 0.0271. The van der Waals surface area contributed by atoms with E-state index in [0.717, 1.165) is 0 Å². The first-order valence-corrected chi connectivity index (χ1v) is 6.62. The van der Waals surface area contributed by atoms with Gasteiger partial charge in [0.05, 0.1) is 6.54 Å². The number of carbonyl (C=O) groups excluding carboxylic acids is 3. The van der Waals surface area contributed by atoms with E-state index in [-0.39, 0.29) is 17.5 Å². The highest BCUT2D eigenvalue weighted by Crippen LogP contribution is 2.25. The number of aromatic nitrogens is 1. The first-order valence-electron chi connectivity index (χ1n) is 6.62. The van der Waals surface area contributed by atoms with Crippen molar-refractivity contribution in [3.8, 4) is 0 Å². The number of aromatic amines is 1. The molecule has 21 heavy (non-hydrogen) atoms. The second-order valence-corrected chi connectivity index (χ2v) is 5.24. The van der Waals surface area contributed by atoms with Gasteiger partial charge in [0.2, 0.25) is 0 Å². The summed E-state index contributed by atoms with van der Waals surface area (Å²) in [6.45, 7) is 0.510. The van der Waals surface area contributed by atoms with E-state index in [1.165, 1.54) is 23.4 Å². The summed E-state index contributed by atoms with van der Waals surface area (Å²) in [5, 5.41) is 4.78. The van der Waals surface area contributed by atoms with Crippen LogP contribution in [0.1, 0.15) is 23.2 Å². The van der Waals surface area contributed by atoms with Crippen LogP contribution in [0.25, 0.3) is 0 Å². The molecule has 0 saturated carbocycles. The van der Waals surface area contributed by atoms with Crippen LogP contribution in [0.2, 0.25) is 0 Å². The molecule has 1 aromatic heterocycles. The largest absolute Gasteiger partial charge is 0.367 e. The monoisotopic (exact) mass is 290 g/mol. The van der Waals surface area contributed by atoms with Crippen molar-refractivity contribution in [1.82, 2.24) is 20.5 Å². The number of urea groups is 1. The van der Waals surface area contributed by atoms with Gasteiger partial charge in [-0.2, -0.15) is 0 Å². The molecule has 3 heterocycles. The molecule has 1 unspecified atom stereocenters. The van der Waals surface area contributed by atoms with E-state index < -0.39 is 23.4 Å². The van der Waals surface area contributed by atoms with Crippen LogP contribution in [0, 0.1) is 0 Å². The van der Waals surface area contributed by atoms with Gasteiger partial charge in [-0.15, -0.1) is 0 Å². The summed E-state index contributed by atoms with van der Waals surface area (Å²) in [5.41, 5.74) is -1.43. The molecular formula is C13H14N4O4. The molecule has 4 amide bonds. The van der Waals surface area contributed by atoms with E-state index in [1.807, 2.05) is 0 Å². The lowest BCUT2D eigenvalue weighted by Gasteiger charge is -2.37. The summed E-state index contributed by atoms with van der Waals surface area (Å²) in [4.78, 5) is 51.5. The molecule has 3 rings (SSSR count). The van der Waals surface area contributed by atoms with Crippen molar-refractivity contribution in [2.24, 2.45) is 0 Å². The Balaban J connectivity index is 1.86. The molecule has 3 N–H and O–H groups in total. The molecule has 1 aromatic rings. The van der Waals surface area contributed by atoms with Crippen LogP contribution in [0.15, 0.2) is 23.3 Å². The Kier molecular flexibility index (Phi) is 3.00. The van der Waals surface area contributed by atoms with Gasteiger partial charge in [0, 0.05) is 25.0 Å². The van der Waals surface area contributed by atoms with Gasteiger partial charge in [-0.25, -0.2) is 4.79 Å². The van der Waals surface area contributed by atoms with E-state index in [9.17, 15) is 19.2 Å². The summed E-state index contributed by atoms with van der Waals surface area (Å²) in [6.07, 6.45) is 3.84. The maximum absolute atomic E-state index is 12.4. The number of piperidine rings is 1. The van der Waals surface area contributed by atoms with Gasteiger partial charge < -0.3 is 15.2 Å². The fraction of sp³-hybridized carbons (Fsp3) is 0.385. The summed E-state index contributed by atoms with van der Waals surface area (Å²) in [6, 6.07) is 0.726. The second-order valence-electron chi connectivity index (χ2n) is 5.24. The molecule has 2 aliphatic rings. The number of imide groups is 1. The Morgan fingerprint density at radius 1 is 1.29 bits per heavy atom. The van der Waals surface area contributed by atoms with Gasteiger partial charge in [-0.05, 0) is 12.8 Å². The molecule has 0 bridgehead atoms. The number of H-pyrrole nitrogens is 1. The van der Waals surface area contributed by atoms with Crippen molar-refractivity contribution in [3.05, 3.63) is 34.2 Å². The Labute approximate surface area is 119 Å². The summed E-state index contributed by atoms with van der Waals surface area (Å²) >= 11 is 0. The molecule has 2 aliphatic heterocycles. The first kappa shape index (κ1) is 13.3. The highest BCUT2D eigenvalue weighted by molar-refractivity contribution is 6.07. The molecule has 8 nitrogen and oxygen atoms in total. The number of rotatable bonds is 1. The zero-order valence-electron chi connectivity index (χ0n) is 11.1. The number of pyridine rings is 1. The van der Waals surface area contributed by atoms with Gasteiger partial charge in [-0.3, -0.25) is 19.7 Å². The molecular weight excluding hydrogens is 276 g/mol.